The Balaban J connectivity index is 1.66. The minimum absolute atomic E-state index is 0.0770. The van der Waals surface area contributed by atoms with Gasteiger partial charge in [-0.2, -0.15) is 0 Å². The number of carbonyl (C=O) groups is 1. The SMILES string of the molecule is CC[C@]1(N2CCN(C(=O)OC(C)(C)C)CC2)COC[C@H]1O[Si](c1ccccc1)(c1ccccc1)C(C)(C)C. The third kappa shape index (κ3) is 5.57. The van der Waals surface area contributed by atoms with Crippen LogP contribution in [0.3, 0.4) is 0 Å². The molecule has 0 unspecified atom stereocenters. The number of ether oxygens (including phenoxy) is 2. The Kier molecular flexibility index (Phi) is 8.43. The number of piperazine rings is 1. The van der Waals surface area contributed by atoms with Gasteiger partial charge in [0.05, 0.1) is 24.9 Å². The Labute approximate surface area is 230 Å². The van der Waals surface area contributed by atoms with Gasteiger partial charge in [-0.25, -0.2) is 4.79 Å². The summed E-state index contributed by atoms with van der Waals surface area (Å²) < 4.78 is 19.5. The molecule has 0 saturated carbocycles. The molecule has 2 aromatic rings. The second-order valence-corrected chi connectivity index (χ2v) is 16.9. The van der Waals surface area contributed by atoms with Crippen molar-refractivity contribution in [1.29, 1.82) is 0 Å². The van der Waals surface area contributed by atoms with Gasteiger partial charge in [0, 0.05) is 26.2 Å². The average molecular weight is 539 g/mol. The number of hydrogen-bond donors (Lipinski definition) is 0. The van der Waals surface area contributed by atoms with Gasteiger partial charge in [-0.3, -0.25) is 4.90 Å². The van der Waals surface area contributed by atoms with E-state index in [1.165, 1.54) is 10.4 Å². The summed E-state index contributed by atoms with van der Waals surface area (Å²) in [4.78, 5) is 17.1. The first-order valence-electron chi connectivity index (χ1n) is 14.0. The van der Waals surface area contributed by atoms with Crippen molar-refractivity contribution in [2.24, 2.45) is 0 Å². The van der Waals surface area contributed by atoms with Crippen LogP contribution >= 0.6 is 0 Å². The summed E-state index contributed by atoms with van der Waals surface area (Å²) in [5.74, 6) is 0. The maximum Gasteiger partial charge on any atom is 0.410 e. The van der Waals surface area contributed by atoms with Crippen LogP contribution in [-0.2, 0) is 13.9 Å². The first-order valence-corrected chi connectivity index (χ1v) is 15.9. The highest BCUT2D eigenvalue weighted by Gasteiger charge is 2.57. The lowest BCUT2D eigenvalue weighted by Crippen LogP contribution is -2.71. The first kappa shape index (κ1) is 28.8. The summed E-state index contributed by atoms with van der Waals surface area (Å²) >= 11 is 0. The summed E-state index contributed by atoms with van der Waals surface area (Å²) in [5, 5.41) is 2.46. The fourth-order valence-electron chi connectivity index (χ4n) is 6.15. The van der Waals surface area contributed by atoms with Gasteiger partial charge in [-0.05, 0) is 42.6 Å². The molecule has 7 heteroatoms. The third-order valence-electron chi connectivity index (χ3n) is 8.13. The summed E-state index contributed by atoms with van der Waals surface area (Å²) in [5.41, 5.74) is -0.736. The number of carbonyl (C=O) groups excluding carboxylic acids is 1. The molecule has 0 radical (unpaired) electrons. The Bertz CT molecular complexity index is 1020. The summed E-state index contributed by atoms with van der Waals surface area (Å²) in [6.45, 7) is 19.0. The van der Waals surface area contributed by atoms with Gasteiger partial charge in [0.25, 0.3) is 8.32 Å². The second kappa shape index (κ2) is 11.1. The van der Waals surface area contributed by atoms with E-state index in [9.17, 15) is 4.79 Å². The highest BCUT2D eigenvalue weighted by molar-refractivity contribution is 6.99. The average Bonchev–Trinajstić information content (AvgIpc) is 3.30. The third-order valence-corrected chi connectivity index (χ3v) is 13.2. The Morgan fingerprint density at radius 1 is 0.921 bits per heavy atom. The van der Waals surface area contributed by atoms with Crippen LogP contribution in [0.5, 0.6) is 0 Å². The largest absolute Gasteiger partial charge is 0.444 e. The Morgan fingerprint density at radius 3 is 1.89 bits per heavy atom. The van der Waals surface area contributed by atoms with Gasteiger partial charge >= 0.3 is 6.09 Å². The topological polar surface area (TPSA) is 51.2 Å². The van der Waals surface area contributed by atoms with Gasteiger partial charge in [0.15, 0.2) is 0 Å². The van der Waals surface area contributed by atoms with E-state index in [0.717, 1.165) is 19.5 Å². The molecule has 2 saturated heterocycles. The minimum atomic E-state index is -2.73. The summed E-state index contributed by atoms with van der Waals surface area (Å²) in [6.07, 6.45) is 0.611. The van der Waals surface area contributed by atoms with Crippen LogP contribution in [0.15, 0.2) is 60.7 Å². The standard InChI is InChI=1S/C31H46N2O4Si/c1-8-31(33-21-19-32(20-22-33)28(34)36-29(2,3)4)24-35-23-27(31)37-38(30(5,6)7,25-15-11-9-12-16-25)26-17-13-10-14-18-26/h9-18,27H,8,19-24H2,1-7H3/t27-,31+/m1/s1. The van der Waals surface area contributed by atoms with E-state index in [2.05, 4.69) is 93.3 Å². The molecule has 0 aromatic heterocycles. The lowest BCUT2D eigenvalue weighted by molar-refractivity contribution is -0.0324. The van der Waals surface area contributed by atoms with Crippen molar-refractivity contribution in [1.82, 2.24) is 9.80 Å². The van der Waals surface area contributed by atoms with Gasteiger partial charge in [-0.1, -0.05) is 88.4 Å². The van der Waals surface area contributed by atoms with Crippen molar-refractivity contribution in [3.05, 3.63) is 60.7 Å². The van der Waals surface area contributed by atoms with Crippen LogP contribution in [0, 0.1) is 0 Å². The fourth-order valence-corrected chi connectivity index (χ4v) is 10.9. The van der Waals surface area contributed by atoms with Crippen LogP contribution in [0.2, 0.25) is 5.04 Å². The number of amides is 1. The molecule has 2 heterocycles. The second-order valence-electron chi connectivity index (χ2n) is 12.7. The van der Waals surface area contributed by atoms with Crippen LogP contribution in [0.4, 0.5) is 4.79 Å². The van der Waals surface area contributed by atoms with Crippen LogP contribution in [0.25, 0.3) is 0 Å². The molecule has 0 aliphatic carbocycles. The van der Waals surface area contributed by atoms with E-state index >= 15 is 0 Å². The van der Waals surface area contributed by atoms with E-state index in [1.54, 1.807) is 0 Å². The van der Waals surface area contributed by atoms with E-state index in [-0.39, 0.29) is 22.8 Å². The van der Waals surface area contributed by atoms with Gasteiger partial charge in [0.2, 0.25) is 0 Å². The molecule has 2 fully saturated rings. The molecule has 2 atom stereocenters. The smallest absolute Gasteiger partial charge is 0.410 e. The highest BCUT2D eigenvalue weighted by atomic mass is 28.4. The van der Waals surface area contributed by atoms with Gasteiger partial charge in [-0.15, -0.1) is 0 Å². The molecule has 2 aliphatic rings. The quantitative estimate of drug-likeness (QED) is 0.501. The summed E-state index contributed by atoms with van der Waals surface area (Å²) in [7, 11) is -2.73. The fraction of sp³-hybridized carbons (Fsp3) is 0.581. The number of hydrogen-bond acceptors (Lipinski definition) is 5. The molecule has 0 spiro atoms. The Hall–Kier alpha value is -2.19. The molecule has 4 rings (SSSR count). The predicted molar refractivity (Wildman–Crippen MR) is 156 cm³/mol. The van der Waals surface area contributed by atoms with Crippen LogP contribution < -0.4 is 10.4 Å². The van der Waals surface area contributed by atoms with Crippen LogP contribution in [-0.4, -0.2) is 80.8 Å². The van der Waals surface area contributed by atoms with Crippen molar-refractivity contribution >= 4 is 24.8 Å². The summed E-state index contributed by atoms with van der Waals surface area (Å²) in [6, 6.07) is 21.6. The Morgan fingerprint density at radius 2 is 1.45 bits per heavy atom. The number of benzene rings is 2. The molecule has 1 amide bonds. The number of rotatable bonds is 6. The van der Waals surface area contributed by atoms with Gasteiger partial charge < -0.3 is 18.8 Å². The van der Waals surface area contributed by atoms with Crippen molar-refractivity contribution in [2.75, 3.05) is 39.4 Å². The monoisotopic (exact) mass is 538 g/mol. The first-order chi connectivity index (χ1) is 17.9. The molecule has 38 heavy (non-hydrogen) atoms. The van der Waals surface area contributed by atoms with Crippen molar-refractivity contribution < 1.29 is 18.7 Å². The molecule has 6 nitrogen and oxygen atoms in total. The molecule has 0 bridgehead atoms. The maximum absolute atomic E-state index is 12.7. The van der Waals surface area contributed by atoms with Crippen LogP contribution in [0.1, 0.15) is 54.9 Å². The zero-order chi connectivity index (χ0) is 27.6. The molecule has 2 aliphatic heterocycles. The maximum atomic E-state index is 12.7. The van der Waals surface area contributed by atoms with Crippen molar-refractivity contribution in [3.63, 3.8) is 0 Å². The van der Waals surface area contributed by atoms with Gasteiger partial charge in [0.1, 0.15) is 5.60 Å². The van der Waals surface area contributed by atoms with E-state index < -0.39 is 13.9 Å². The molecule has 2 aromatic carbocycles. The highest BCUT2D eigenvalue weighted by Crippen LogP contribution is 2.42. The minimum Gasteiger partial charge on any atom is -0.444 e. The van der Waals surface area contributed by atoms with Crippen molar-refractivity contribution in [3.8, 4) is 0 Å². The van der Waals surface area contributed by atoms with E-state index in [4.69, 9.17) is 13.9 Å². The molecule has 0 N–H and O–H groups in total. The predicted octanol–water partition coefficient (Wildman–Crippen LogP) is 4.66. The molecular formula is C31H46N2O4Si. The molecular weight excluding hydrogens is 492 g/mol. The van der Waals surface area contributed by atoms with E-state index in [0.29, 0.717) is 26.3 Å². The molecule has 208 valence electrons. The zero-order valence-corrected chi connectivity index (χ0v) is 25.3. The lowest BCUT2D eigenvalue weighted by atomic mass is 9.89. The lowest BCUT2D eigenvalue weighted by Gasteiger charge is -2.51. The normalized spacial score (nSPS) is 23.4. The van der Waals surface area contributed by atoms with Crippen molar-refractivity contribution in [2.45, 2.75) is 77.2 Å². The number of nitrogens with zero attached hydrogens (tertiary/aromatic N) is 2. The van der Waals surface area contributed by atoms with E-state index in [1.807, 2.05) is 25.7 Å². The zero-order valence-electron chi connectivity index (χ0n) is 24.3.